The minimum absolute atomic E-state index is 0.0552. The molecule has 0 spiro atoms. The summed E-state index contributed by atoms with van der Waals surface area (Å²) in [5.74, 6) is 1.70. The maximum Gasteiger partial charge on any atom is 0.129 e. The molecule has 3 N–H and O–H groups in total. The van der Waals surface area contributed by atoms with E-state index >= 15 is 0 Å². The van der Waals surface area contributed by atoms with E-state index in [2.05, 4.69) is 4.98 Å². The first-order chi connectivity index (χ1) is 9.99. The van der Waals surface area contributed by atoms with Gasteiger partial charge in [-0.3, -0.25) is 5.41 Å². The number of nitrogens with two attached hydrogens (primary N) is 1. The summed E-state index contributed by atoms with van der Waals surface area (Å²) in [4.78, 5) is 6.52. The molecule has 0 saturated carbocycles. The van der Waals surface area contributed by atoms with Crippen LogP contribution in [0.4, 0.5) is 5.82 Å². The Labute approximate surface area is 124 Å². The molecule has 0 atom stereocenters. The van der Waals surface area contributed by atoms with Crippen molar-refractivity contribution >= 4 is 11.7 Å². The zero-order valence-electron chi connectivity index (χ0n) is 12.6. The molecule has 0 bridgehead atoms. The van der Waals surface area contributed by atoms with E-state index in [1.54, 1.807) is 7.11 Å². The van der Waals surface area contributed by atoms with Crippen molar-refractivity contribution in [3.63, 3.8) is 0 Å². The molecule has 0 amide bonds. The Balaban J connectivity index is 2.19. The molecule has 0 radical (unpaired) electrons. The minimum Gasteiger partial charge on any atom is -0.497 e. The number of benzene rings is 1. The van der Waals surface area contributed by atoms with Crippen LogP contribution in [0.3, 0.4) is 0 Å². The van der Waals surface area contributed by atoms with E-state index in [0.717, 1.165) is 29.4 Å². The van der Waals surface area contributed by atoms with E-state index in [-0.39, 0.29) is 5.84 Å². The smallest absolute Gasteiger partial charge is 0.129 e. The molecule has 2 rings (SSSR count). The van der Waals surface area contributed by atoms with Gasteiger partial charge in [0.25, 0.3) is 0 Å². The van der Waals surface area contributed by atoms with Crippen molar-refractivity contribution in [3.05, 3.63) is 53.2 Å². The predicted octanol–water partition coefficient (Wildman–Crippen LogP) is 2.32. The Bertz CT molecular complexity index is 637. The summed E-state index contributed by atoms with van der Waals surface area (Å²) in [6.45, 7) is 2.62. The highest BCUT2D eigenvalue weighted by Gasteiger charge is 2.08. The molecule has 1 aromatic carbocycles. The molecule has 1 aromatic heterocycles. The molecule has 0 fully saturated rings. The largest absolute Gasteiger partial charge is 0.497 e. The SMILES string of the molecule is COc1ccc(CN(C)c2cc(C(=N)N)cc(C)n2)cc1. The fourth-order valence-electron chi connectivity index (χ4n) is 2.09. The highest BCUT2D eigenvalue weighted by molar-refractivity contribution is 5.95. The molecular formula is C16H20N4O. The Morgan fingerprint density at radius 2 is 1.95 bits per heavy atom. The van der Waals surface area contributed by atoms with Gasteiger partial charge in [0.2, 0.25) is 0 Å². The first-order valence-corrected chi connectivity index (χ1v) is 6.66. The molecule has 0 aliphatic heterocycles. The van der Waals surface area contributed by atoms with Gasteiger partial charge in [-0.1, -0.05) is 12.1 Å². The zero-order valence-corrected chi connectivity index (χ0v) is 12.6. The number of hydrogen-bond donors (Lipinski definition) is 2. The summed E-state index contributed by atoms with van der Waals surface area (Å²) >= 11 is 0. The van der Waals surface area contributed by atoms with Crippen molar-refractivity contribution < 1.29 is 4.74 Å². The van der Waals surface area contributed by atoms with Gasteiger partial charge in [-0.2, -0.15) is 0 Å². The van der Waals surface area contributed by atoms with Crippen LogP contribution < -0.4 is 15.4 Å². The van der Waals surface area contributed by atoms with E-state index in [1.807, 2.05) is 55.3 Å². The van der Waals surface area contributed by atoms with E-state index in [1.165, 1.54) is 0 Å². The van der Waals surface area contributed by atoms with Gasteiger partial charge in [0.05, 0.1) is 7.11 Å². The van der Waals surface area contributed by atoms with Gasteiger partial charge in [-0.25, -0.2) is 4.98 Å². The van der Waals surface area contributed by atoms with Crippen LogP contribution in [-0.4, -0.2) is 25.0 Å². The Hall–Kier alpha value is -2.56. The van der Waals surface area contributed by atoms with Gasteiger partial charge in [-0.05, 0) is 36.8 Å². The van der Waals surface area contributed by atoms with Crippen LogP contribution in [0.5, 0.6) is 5.75 Å². The van der Waals surface area contributed by atoms with Gasteiger partial charge in [-0.15, -0.1) is 0 Å². The number of ether oxygens (including phenoxy) is 1. The minimum atomic E-state index is 0.0552. The van der Waals surface area contributed by atoms with Gasteiger partial charge in [0.15, 0.2) is 0 Å². The van der Waals surface area contributed by atoms with Crippen LogP contribution >= 0.6 is 0 Å². The predicted molar refractivity (Wildman–Crippen MR) is 85.1 cm³/mol. The number of nitrogens with zero attached hydrogens (tertiary/aromatic N) is 2. The number of aromatic nitrogens is 1. The van der Waals surface area contributed by atoms with E-state index < -0.39 is 0 Å². The molecule has 0 aliphatic rings. The van der Waals surface area contributed by atoms with Gasteiger partial charge in [0, 0.05) is 24.8 Å². The lowest BCUT2D eigenvalue weighted by Gasteiger charge is -2.19. The first-order valence-electron chi connectivity index (χ1n) is 6.66. The Morgan fingerprint density at radius 1 is 1.29 bits per heavy atom. The lowest BCUT2D eigenvalue weighted by atomic mass is 10.2. The third-order valence-corrected chi connectivity index (χ3v) is 3.22. The quantitative estimate of drug-likeness (QED) is 0.652. The van der Waals surface area contributed by atoms with Crippen LogP contribution in [0.15, 0.2) is 36.4 Å². The molecular weight excluding hydrogens is 264 g/mol. The van der Waals surface area contributed by atoms with Gasteiger partial charge in [0.1, 0.15) is 17.4 Å². The van der Waals surface area contributed by atoms with Gasteiger partial charge >= 0.3 is 0 Å². The molecule has 0 unspecified atom stereocenters. The highest BCUT2D eigenvalue weighted by atomic mass is 16.5. The van der Waals surface area contributed by atoms with E-state index in [4.69, 9.17) is 15.9 Å². The second kappa shape index (κ2) is 6.26. The molecule has 0 aliphatic carbocycles. The molecule has 0 saturated heterocycles. The maximum atomic E-state index is 7.55. The van der Waals surface area contributed by atoms with Crippen molar-refractivity contribution in [1.29, 1.82) is 5.41 Å². The van der Waals surface area contributed by atoms with Crippen molar-refractivity contribution in [2.24, 2.45) is 5.73 Å². The van der Waals surface area contributed by atoms with Crippen LogP contribution in [0.1, 0.15) is 16.8 Å². The third kappa shape index (κ3) is 3.72. The van der Waals surface area contributed by atoms with Crippen molar-refractivity contribution in [2.45, 2.75) is 13.5 Å². The second-order valence-corrected chi connectivity index (χ2v) is 4.97. The standard InChI is InChI=1S/C16H20N4O/c1-11-8-13(16(17)18)9-15(19-11)20(2)10-12-4-6-14(21-3)7-5-12/h4-9H,10H2,1-3H3,(H3,17,18). The number of methoxy groups -OCH3 is 1. The van der Waals surface area contributed by atoms with Crippen LogP contribution in [0, 0.1) is 12.3 Å². The highest BCUT2D eigenvalue weighted by Crippen LogP contribution is 2.18. The lowest BCUT2D eigenvalue weighted by molar-refractivity contribution is 0.414. The van der Waals surface area contributed by atoms with Crippen molar-refractivity contribution in [3.8, 4) is 5.75 Å². The Morgan fingerprint density at radius 3 is 2.52 bits per heavy atom. The number of aryl methyl sites for hydroxylation is 1. The number of nitrogens with one attached hydrogen (secondary N) is 1. The summed E-state index contributed by atoms with van der Waals surface area (Å²) in [7, 11) is 3.62. The summed E-state index contributed by atoms with van der Waals surface area (Å²) < 4.78 is 5.15. The summed E-state index contributed by atoms with van der Waals surface area (Å²) in [6.07, 6.45) is 0. The van der Waals surface area contributed by atoms with E-state index in [0.29, 0.717) is 5.56 Å². The fourth-order valence-corrected chi connectivity index (χ4v) is 2.09. The van der Waals surface area contributed by atoms with Crippen LogP contribution in [0.2, 0.25) is 0 Å². The zero-order chi connectivity index (χ0) is 15.4. The maximum absolute atomic E-state index is 7.55. The molecule has 2 aromatic rings. The topological polar surface area (TPSA) is 75.2 Å². The third-order valence-electron chi connectivity index (χ3n) is 3.22. The Kier molecular flexibility index (Phi) is 4.42. The molecule has 21 heavy (non-hydrogen) atoms. The number of rotatable bonds is 5. The normalized spacial score (nSPS) is 10.2. The molecule has 1 heterocycles. The molecule has 5 heteroatoms. The lowest BCUT2D eigenvalue weighted by Crippen LogP contribution is -2.20. The van der Waals surface area contributed by atoms with Crippen LogP contribution in [-0.2, 0) is 6.54 Å². The second-order valence-electron chi connectivity index (χ2n) is 4.97. The number of hydrogen-bond acceptors (Lipinski definition) is 4. The monoisotopic (exact) mass is 284 g/mol. The average molecular weight is 284 g/mol. The van der Waals surface area contributed by atoms with Crippen LogP contribution in [0.25, 0.3) is 0 Å². The number of amidine groups is 1. The van der Waals surface area contributed by atoms with Crippen molar-refractivity contribution in [2.75, 3.05) is 19.1 Å². The molecule has 5 nitrogen and oxygen atoms in total. The molecule has 110 valence electrons. The van der Waals surface area contributed by atoms with Gasteiger partial charge < -0.3 is 15.4 Å². The number of pyridine rings is 1. The summed E-state index contributed by atoms with van der Waals surface area (Å²) in [5.41, 5.74) is 8.26. The summed E-state index contributed by atoms with van der Waals surface area (Å²) in [6, 6.07) is 11.6. The summed E-state index contributed by atoms with van der Waals surface area (Å²) in [5, 5.41) is 7.55. The average Bonchev–Trinajstić information content (AvgIpc) is 2.47. The van der Waals surface area contributed by atoms with E-state index in [9.17, 15) is 0 Å². The first kappa shape index (κ1) is 14.8. The number of anilines is 1. The number of nitrogen functional groups attached to an aromatic ring is 1. The van der Waals surface area contributed by atoms with Crippen molar-refractivity contribution in [1.82, 2.24) is 4.98 Å². The fraction of sp³-hybridized carbons (Fsp3) is 0.250.